The fourth-order valence-corrected chi connectivity index (χ4v) is 5.83. The number of carbonyl (C=O) groups excluding carboxylic acids is 1. The van der Waals surface area contributed by atoms with Gasteiger partial charge in [-0.2, -0.15) is 0 Å². The number of carbonyl (C=O) groups is 1. The maximum atomic E-state index is 13.0. The molecule has 0 aromatic heterocycles. The Morgan fingerprint density at radius 1 is 0.882 bits per heavy atom. The van der Waals surface area contributed by atoms with E-state index in [2.05, 4.69) is 35.6 Å². The van der Waals surface area contributed by atoms with Crippen molar-refractivity contribution in [1.29, 1.82) is 0 Å². The number of benzene rings is 3. The Morgan fingerprint density at radius 3 is 2.26 bits per heavy atom. The average Bonchev–Trinajstić information content (AvgIpc) is 2.85. The Balaban J connectivity index is 1.45. The van der Waals surface area contributed by atoms with Crippen LogP contribution in [0, 0.1) is 0 Å². The molecule has 3 aromatic carbocycles. The van der Waals surface area contributed by atoms with E-state index < -0.39 is 7.60 Å². The summed E-state index contributed by atoms with van der Waals surface area (Å²) in [7, 11) is -3.16. The standard InChI is InChI=1S/C28H30NO4P/c1-3-32-34(31,33-4-2)20-21-10-16-27(17-11-21)29-28(30)25-15-13-23-12-14-24(18-26(23)19-25)22-8-6-5-7-9-22/h5-12,14,16-19H,3-4,13,15,20H2,1-2H3,(H,29,30). The molecule has 1 aliphatic rings. The molecule has 176 valence electrons. The van der Waals surface area contributed by atoms with E-state index in [1.807, 2.05) is 48.5 Å². The van der Waals surface area contributed by atoms with Crippen LogP contribution in [0.25, 0.3) is 17.2 Å². The molecule has 0 fully saturated rings. The Kier molecular flexibility index (Phi) is 7.79. The lowest BCUT2D eigenvalue weighted by Gasteiger charge is -2.18. The summed E-state index contributed by atoms with van der Waals surface area (Å²) in [6.07, 6.45) is 3.74. The van der Waals surface area contributed by atoms with Gasteiger partial charge in [-0.3, -0.25) is 9.36 Å². The van der Waals surface area contributed by atoms with Gasteiger partial charge in [0.05, 0.1) is 19.4 Å². The van der Waals surface area contributed by atoms with E-state index in [9.17, 15) is 9.36 Å². The van der Waals surface area contributed by atoms with E-state index in [4.69, 9.17) is 9.05 Å². The second-order valence-electron chi connectivity index (χ2n) is 8.20. The van der Waals surface area contributed by atoms with Crippen molar-refractivity contribution < 1.29 is 18.4 Å². The molecular formula is C28H30NO4P. The third-order valence-electron chi connectivity index (χ3n) is 5.78. The minimum atomic E-state index is -3.16. The molecule has 0 spiro atoms. The van der Waals surface area contributed by atoms with E-state index in [1.165, 1.54) is 5.56 Å². The molecule has 1 amide bonds. The molecule has 0 aliphatic heterocycles. The third-order valence-corrected chi connectivity index (χ3v) is 7.83. The molecule has 3 aromatic rings. The van der Waals surface area contributed by atoms with Crippen LogP contribution in [0.3, 0.4) is 0 Å². The normalized spacial score (nSPS) is 13.2. The predicted molar refractivity (Wildman–Crippen MR) is 138 cm³/mol. The molecule has 0 atom stereocenters. The summed E-state index contributed by atoms with van der Waals surface area (Å²) < 4.78 is 23.5. The predicted octanol–water partition coefficient (Wildman–Crippen LogP) is 7.09. The summed E-state index contributed by atoms with van der Waals surface area (Å²) in [4.78, 5) is 13.0. The first-order chi connectivity index (χ1) is 16.5. The largest absolute Gasteiger partial charge is 0.335 e. The summed E-state index contributed by atoms with van der Waals surface area (Å²) in [6.45, 7) is 4.25. The van der Waals surface area contributed by atoms with Gasteiger partial charge < -0.3 is 14.4 Å². The van der Waals surface area contributed by atoms with E-state index in [1.54, 1.807) is 13.8 Å². The van der Waals surface area contributed by atoms with Crippen molar-refractivity contribution in [3.05, 3.63) is 95.1 Å². The number of anilines is 1. The van der Waals surface area contributed by atoms with Gasteiger partial charge in [0.2, 0.25) is 0 Å². The molecule has 5 nitrogen and oxygen atoms in total. The molecule has 0 heterocycles. The second kappa shape index (κ2) is 11.0. The third kappa shape index (κ3) is 5.92. The van der Waals surface area contributed by atoms with Crippen LogP contribution >= 0.6 is 7.60 Å². The smallest absolute Gasteiger partial charge is 0.322 e. The van der Waals surface area contributed by atoms with E-state index in [-0.39, 0.29) is 12.1 Å². The summed E-state index contributed by atoms with van der Waals surface area (Å²) in [5.74, 6) is -0.0992. The number of amides is 1. The number of nitrogens with one attached hydrogen (secondary N) is 1. The molecule has 0 radical (unpaired) electrons. The van der Waals surface area contributed by atoms with Gasteiger partial charge >= 0.3 is 7.60 Å². The number of rotatable bonds is 9. The molecule has 4 rings (SSSR count). The SMILES string of the molecule is CCOP(=O)(Cc1ccc(NC(=O)C2=Cc3cc(-c4ccccc4)ccc3CC2)cc1)OCC. The van der Waals surface area contributed by atoms with E-state index >= 15 is 0 Å². The molecule has 1 aliphatic carbocycles. The number of hydrogen-bond acceptors (Lipinski definition) is 4. The van der Waals surface area contributed by atoms with Gasteiger partial charge in [0.25, 0.3) is 5.91 Å². The monoisotopic (exact) mass is 475 g/mol. The van der Waals surface area contributed by atoms with Gasteiger partial charge in [-0.25, -0.2) is 0 Å². The first-order valence-electron chi connectivity index (χ1n) is 11.7. The highest BCUT2D eigenvalue weighted by molar-refractivity contribution is 7.53. The first-order valence-corrected chi connectivity index (χ1v) is 13.4. The van der Waals surface area contributed by atoms with Crippen molar-refractivity contribution in [2.75, 3.05) is 18.5 Å². The van der Waals surface area contributed by atoms with Crippen molar-refractivity contribution in [2.45, 2.75) is 32.9 Å². The maximum Gasteiger partial charge on any atom is 0.335 e. The molecule has 1 N–H and O–H groups in total. The average molecular weight is 476 g/mol. The van der Waals surface area contributed by atoms with Crippen LogP contribution in [0.15, 0.2) is 78.4 Å². The van der Waals surface area contributed by atoms with E-state index in [0.29, 0.717) is 25.3 Å². The van der Waals surface area contributed by atoms with Crippen molar-refractivity contribution in [2.24, 2.45) is 0 Å². The molecule has 34 heavy (non-hydrogen) atoms. The van der Waals surface area contributed by atoms with Gasteiger partial charge in [-0.1, -0.05) is 54.6 Å². The Morgan fingerprint density at radius 2 is 1.59 bits per heavy atom. The quantitative estimate of drug-likeness (QED) is 0.336. The highest BCUT2D eigenvalue weighted by atomic mass is 31.2. The van der Waals surface area contributed by atoms with Crippen molar-refractivity contribution in [1.82, 2.24) is 0 Å². The fourth-order valence-electron chi connectivity index (χ4n) is 4.13. The Bertz CT molecular complexity index is 1210. The fraction of sp³-hybridized carbons (Fsp3) is 0.250. The summed E-state index contributed by atoms with van der Waals surface area (Å²) >= 11 is 0. The number of aryl methyl sites for hydroxylation is 1. The minimum Gasteiger partial charge on any atom is -0.322 e. The highest BCUT2D eigenvalue weighted by Crippen LogP contribution is 2.51. The zero-order valence-electron chi connectivity index (χ0n) is 19.6. The van der Waals surface area contributed by atoms with Crippen molar-refractivity contribution >= 4 is 25.3 Å². The topological polar surface area (TPSA) is 64.6 Å². The lowest BCUT2D eigenvalue weighted by molar-refractivity contribution is -0.112. The zero-order valence-corrected chi connectivity index (χ0v) is 20.5. The lowest BCUT2D eigenvalue weighted by atomic mass is 9.89. The number of hydrogen-bond donors (Lipinski definition) is 1. The number of fused-ring (bicyclic) bond motifs is 1. The molecule has 0 saturated carbocycles. The Hall–Kier alpha value is -2.98. The second-order valence-corrected chi connectivity index (χ2v) is 10.3. The van der Waals surface area contributed by atoms with Crippen LogP contribution in [-0.2, 0) is 31.0 Å². The van der Waals surface area contributed by atoms with Crippen molar-refractivity contribution in [3.8, 4) is 11.1 Å². The molecular weight excluding hydrogens is 445 g/mol. The van der Waals surface area contributed by atoms with Crippen LogP contribution in [0.1, 0.15) is 37.0 Å². The van der Waals surface area contributed by atoms with Crippen LogP contribution in [0.5, 0.6) is 0 Å². The Labute approximate surface area is 201 Å². The summed E-state index contributed by atoms with van der Waals surface area (Å²) in [5, 5.41) is 2.99. The van der Waals surface area contributed by atoms with Crippen LogP contribution in [0.4, 0.5) is 5.69 Å². The highest BCUT2D eigenvalue weighted by Gasteiger charge is 2.24. The zero-order chi connectivity index (χ0) is 24.0. The van der Waals surface area contributed by atoms with Gasteiger partial charge in [-0.05, 0) is 78.8 Å². The minimum absolute atomic E-state index is 0.0992. The lowest BCUT2D eigenvalue weighted by Crippen LogP contribution is -2.17. The van der Waals surface area contributed by atoms with Gasteiger partial charge in [-0.15, -0.1) is 0 Å². The van der Waals surface area contributed by atoms with Crippen LogP contribution in [-0.4, -0.2) is 19.1 Å². The molecule has 6 heteroatoms. The molecule has 0 saturated heterocycles. The first kappa shape index (κ1) is 24.2. The molecule has 0 bridgehead atoms. The van der Waals surface area contributed by atoms with Crippen LogP contribution in [0.2, 0.25) is 0 Å². The van der Waals surface area contributed by atoms with Gasteiger partial charge in [0.1, 0.15) is 0 Å². The van der Waals surface area contributed by atoms with Crippen molar-refractivity contribution in [3.63, 3.8) is 0 Å². The summed E-state index contributed by atoms with van der Waals surface area (Å²) in [6, 6.07) is 24.0. The molecule has 0 unspecified atom stereocenters. The van der Waals surface area contributed by atoms with E-state index in [0.717, 1.165) is 34.2 Å². The summed E-state index contributed by atoms with van der Waals surface area (Å²) in [5.41, 5.74) is 6.95. The van der Waals surface area contributed by atoms with Gasteiger partial charge in [0, 0.05) is 11.3 Å². The maximum absolute atomic E-state index is 13.0. The van der Waals surface area contributed by atoms with Gasteiger partial charge in [0.15, 0.2) is 0 Å². The van der Waals surface area contributed by atoms with Crippen LogP contribution < -0.4 is 5.32 Å².